The van der Waals surface area contributed by atoms with Crippen molar-refractivity contribution in [3.05, 3.63) is 65.9 Å². The van der Waals surface area contributed by atoms with Crippen molar-refractivity contribution in [2.75, 3.05) is 6.54 Å². The maximum absolute atomic E-state index is 11.5. The lowest BCUT2D eigenvalue weighted by molar-refractivity contribution is -0.123. The van der Waals surface area contributed by atoms with Gasteiger partial charge in [-0.2, -0.15) is 0 Å². The molecule has 2 aromatic carbocycles. The van der Waals surface area contributed by atoms with Gasteiger partial charge in [-0.1, -0.05) is 59.8 Å². The summed E-state index contributed by atoms with van der Waals surface area (Å²) in [6.07, 6.45) is 0.738. The molecular weight excluding hydrogens is 326 g/mol. The van der Waals surface area contributed by atoms with Crippen LogP contribution in [-0.4, -0.2) is 28.6 Å². The van der Waals surface area contributed by atoms with Crippen LogP contribution in [0.3, 0.4) is 0 Å². The summed E-state index contributed by atoms with van der Waals surface area (Å²) < 4.78 is 5.55. The molecule has 132 valence electrons. The predicted molar refractivity (Wildman–Crippen MR) is 100 cm³/mol. The first-order valence-corrected chi connectivity index (χ1v) is 8.80. The number of fused-ring (bicyclic) bond motifs is 1. The Labute approximate surface area is 152 Å². The van der Waals surface area contributed by atoms with E-state index in [1.165, 1.54) is 5.56 Å². The van der Waals surface area contributed by atoms with Gasteiger partial charge in [0.05, 0.1) is 6.04 Å². The monoisotopic (exact) mass is 347 g/mol. The average molecular weight is 347 g/mol. The molecule has 2 N–H and O–H groups in total. The Morgan fingerprint density at radius 3 is 2.42 bits per heavy atom. The summed E-state index contributed by atoms with van der Waals surface area (Å²) in [4.78, 5) is 13.6. The Morgan fingerprint density at radius 1 is 1.08 bits per heavy atom. The third-order valence-electron chi connectivity index (χ3n) is 5.08. The maximum atomic E-state index is 11.5. The summed E-state index contributed by atoms with van der Waals surface area (Å²) in [7, 11) is 0. The van der Waals surface area contributed by atoms with Crippen molar-refractivity contribution < 1.29 is 9.32 Å². The fourth-order valence-electron chi connectivity index (χ4n) is 3.42. The van der Waals surface area contributed by atoms with Gasteiger partial charge in [0, 0.05) is 30.6 Å². The van der Waals surface area contributed by atoms with E-state index in [1.807, 2.05) is 25.1 Å². The van der Waals surface area contributed by atoms with E-state index in [4.69, 9.17) is 10.3 Å². The lowest BCUT2D eigenvalue weighted by Gasteiger charge is -2.29. The van der Waals surface area contributed by atoms with E-state index < -0.39 is 0 Å². The van der Waals surface area contributed by atoms with Crippen molar-refractivity contribution >= 4 is 5.91 Å². The van der Waals surface area contributed by atoms with Gasteiger partial charge in [0.25, 0.3) is 0 Å². The largest absolute Gasteiger partial charge is 0.368 e. The average Bonchev–Trinajstić information content (AvgIpc) is 3.11. The first-order valence-electron chi connectivity index (χ1n) is 8.80. The highest BCUT2D eigenvalue weighted by Gasteiger charge is 2.29. The molecule has 5 heteroatoms. The van der Waals surface area contributed by atoms with Gasteiger partial charge in [0.15, 0.2) is 0 Å². The Hall–Kier alpha value is -2.92. The summed E-state index contributed by atoms with van der Waals surface area (Å²) in [5.41, 5.74) is 10.7. The Morgan fingerprint density at radius 2 is 1.73 bits per heavy atom. The van der Waals surface area contributed by atoms with Crippen LogP contribution in [-0.2, 0) is 17.8 Å². The minimum Gasteiger partial charge on any atom is -0.368 e. The zero-order valence-electron chi connectivity index (χ0n) is 14.7. The molecule has 0 saturated carbocycles. The van der Waals surface area contributed by atoms with Gasteiger partial charge < -0.3 is 10.3 Å². The van der Waals surface area contributed by atoms with Gasteiger partial charge in [0.2, 0.25) is 5.91 Å². The van der Waals surface area contributed by atoms with Gasteiger partial charge in [-0.15, -0.1) is 0 Å². The van der Waals surface area contributed by atoms with Gasteiger partial charge in [-0.05, 0) is 18.1 Å². The summed E-state index contributed by atoms with van der Waals surface area (Å²) in [6.45, 7) is 3.21. The second kappa shape index (κ2) is 6.77. The van der Waals surface area contributed by atoms with E-state index in [-0.39, 0.29) is 11.9 Å². The van der Waals surface area contributed by atoms with E-state index >= 15 is 0 Å². The number of aromatic nitrogens is 1. The first kappa shape index (κ1) is 16.5. The van der Waals surface area contributed by atoms with E-state index in [2.05, 4.69) is 46.5 Å². The maximum Gasteiger partial charge on any atom is 0.234 e. The number of nitrogens with two attached hydrogens (primary N) is 1. The number of benzene rings is 2. The fourth-order valence-corrected chi connectivity index (χ4v) is 3.42. The molecule has 0 radical (unpaired) electrons. The van der Waals surface area contributed by atoms with Crippen LogP contribution >= 0.6 is 0 Å². The number of hydrogen-bond acceptors (Lipinski definition) is 4. The van der Waals surface area contributed by atoms with Crippen LogP contribution in [0.2, 0.25) is 0 Å². The zero-order valence-corrected chi connectivity index (χ0v) is 14.7. The summed E-state index contributed by atoms with van der Waals surface area (Å²) >= 11 is 0. The summed E-state index contributed by atoms with van der Waals surface area (Å²) in [5, 5.41) is 4.29. The molecular formula is C21H21N3O2. The molecule has 1 atom stereocenters. The molecule has 1 amide bonds. The fraction of sp³-hybridized carbons (Fsp3) is 0.238. The van der Waals surface area contributed by atoms with Gasteiger partial charge in [0.1, 0.15) is 11.5 Å². The molecule has 0 spiro atoms. The second-order valence-electron chi connectivity index (χ2n) is 6.68. The summed E-state index contributed by atoms with van der Waals surface area (Å²) in [5.74, 6) is 0.596. The van der Waals surface area contributed by atoms with Gasteiger partial charge >= 0.3 is 0 Å². The van der Waals surface area contributed by atoms with Crippen molar-refractivity contribution in [3.8, 4) is 22.4 Å². The Balaban J connectivity index is 1.62. The molecule has 2 heterocycles. The van der Waals surface area contributed by atoms with E-state index in [0.717, 1.165) is 41.1 Å². The number of rotatable bonds is 4. The highest BCUT2D eigenvalue weighted by atomic mass is 16.5. The molecule has 1 aliphatic rings. The topological polar surface area (TPSA) is 72.4 Å². The van der Waals surface area contributed by atoms with E-state index in [0.29, 0.717) is 6.54 Å². The highest BCUT2D eigenvalue weighted by Crippen LogP contribution is 2.32. The molecule has 0 fully saturated rings. The minimum atomic E-state index is -0.307. The summed E-state index contributed by atoms with van der Waals surface area (Å²) in [6, 6.07) is 18.3. The first-order chi connectivity index (χ1) is 12.6. The smallest absolute Gasteiger partial charge is 0.234 e. The van der Waals surface area contributed by atoms with Crippen LogP contribution < -0.4 is 5.73 Å². The Kier molecular flexibility index (Phi) is 4.31. The quantitative estimate of drug-likeness (QED) is 0.786. The van der Waals surface area contributed by atoms with E-state index in [1.54, 1.807) is 0 Å². The lowest BCUT2D eigenvalue weighted by Crippen LogP contribution is -2.44. The SMILES string of the molecule is C[C@@H](C(N)=O)N1CCc2onc(-c3ccc(-c4ccccc4)cc3)c2C1. The highest BCUT2D eigenvalue weighted by molar-refractivity contribution is 5.79. The van der Waals surface area contributed by atoms with E-state index in [9.17, 15) is 4.79 Å². The van der Waals surface area contributed by atoms with Crippen molar-refractivity contribution in [3.63, 3.8) is 0 Å². The van der Waals surface area contributed by atoms with Gasteiger partial charge in [-0.3, -0.25) is 9.69 Å². The number of hydrogen-bond donors (Lipinski definition) is 1. The molecule has 0 aliphatic carbocycles. The minimum absolute atomic E-state index is 0.300. The molecule has 3 aromatic rings. The van der Waals surface area contributed by atoms with Crippen LogP contribution in [0.25, 0.3) is 22.4 Å². The van der Waals surface area contributed by atoms with Crippen LogP contribution in [0.1, 0.15) is 18.2 Å². The molecule has 0 unspecified atom stereocenters. The Bertz CT molecular complexity index is 916. The third kappa shape index (κ3) is 3.02. The predicted octanol–water partition coefficient (Wildman–Crippen LogP) is 3.24. The van der Waals surface area contributed by atoms with Crippen LogP contribution in [0.5, 0.6) is 0 Å². The van der Waals surface area contributed by atoms with Crippen molar-refractivity contribution in [1.82, 2.24) is 10.1 Å². The van der Waals surface area contributed by atoms with Crippen LogP contribution in [0, 0.1) is 0 Å². The number of primary amides is 1. The molecule has 4 rings (SSSR count). The zero-order chi connectivity index (χ0) is 18.1. The second-order valence-corrected chi connectivity index (χ2v) is 6.68. The lowest BCUT2D eigenvalue weighted by atomic mass is 9.98. The van der Waals surface area contributed by atoms with Gasteiger partial charge in [-0.25, -0.2) is 0 Å². The van der Waals surface area contributed by atoms with Crippen molar-refractivity contribution in [2.45, 2.75) is 25.9 Å². The molecule has 1 aromatic heterocycles. The molecule has 0 bridgehead atoms. The molecule has 1 aliphatic heterocycles. The van der Waals surface area contributed by atoms with Crippen LogP contribution in [0.4, 0.5) is 0 Å². The van der Waals surface area contributed by atoms with Crippen LogP contribution in [0.15, 0.2) is 59.1 Å². The number of carbonyl (C=O) groups is 1. The molecule has 0 saturated heterocycles. The van der Waals surface area contributed by atoms with Crippen molar-refractivity contribution in [1.29, 1.82) is 0 Å². The third-order valence-corrected chi connectivity index (χ3v) is 5.08. The standard InChI is InChI=1S/C21H21N3O2/c1-14(21(22)25)24-12-11-19-18(13-24)20(23-26-19)17-9-7-16(8-10-17)15-5-3-2-4-6-15/h2-10,14H,11-13H2,1H3,(H2,22,25)/t14-/m0/s1. The molecule has 5 nitrogen and oxygen atoms in total. The van der Waals surface area contributed by atoms with Crippen molar-refractivity contribution in [2.24, 2.45) is 5.73 Å². The molecule has 26 heavy (non-hydrogen) atoms. The normalized spacial score (nSPS) is 15.4. The number of nitrogens with zero attached hydrogens (tertiary/aromatic N) is 2. The number of carbonyl (C=O) groups excluding carboxylic acids is 1. The number of amides is 1.